The van der Waals surface area contributed by atoms with Crippen molar-refractivity contribution in [2.24, 2.45) is 0 Å². The van der Waals surface area contributed by atoms with Gasteiger partial charge in [-0.3, -0.25) is 0 Å². The van der Waals surface area contributed by atoms with Gasteiger partial charge >= 0.3 is 75.8 Å². The van der Waals surface area contributed by atoms with Gasteiger partial charge in [-0.05, 0) is 0 Å². The summed E-state index contributed by atoms with van der Waals surface area (Å²) in [5.41, 5.74) is 0. The van der Waals surface area contributed by atoms with Gasteiger partial charge in [0.25, 0.3) is 0 Å². The van der Waals surface area contributed by atoms with E-state index >= 15 is 0 Å². The molecule has 1 rings (SSSR count). The van der Waals surface area contributed by atoms with Gasteiger partial charge in [-0.2, -0.15) is 0 Å². The number of nitrogens with zero attached hydrogens (tertiary/aromatic N) is 1. The van der Waals surface area contributed by atoms with Crippen LogP contribution in [0.3, 0.4) is 0 Å². The Morgan fingerprint density at radius 1 is 1.45 bits per heavy atom. The fraction of sp³-hybridized carbons (Fsp3) is 0.375. The molecule has 0 saturated carbocycles. The van der Waals surface area contributed by atoms with Crippen LogP contribution in [0, 0.1) is 0 Å². The van der Waals surface area contributed by atoms with Crippen molar-refractivity contribution in [2.75, 3.05) is 0 Å². The molecular weight excluding hydrogens is 133 g/mol. The van der Waals surface area contributed by atoms with E-state index in [2.05, 4.69) is 4.98 Å². The Morgan fingerprint density at radius 2 is 2.18 bits per heavy atom. The Kier molecular flexibility index (Phi) is 2.99. The van der Waals surface area contributed by atoms with E-state index in [9.17, 15) is 0 Å². The standard InChI is InChI=1S/C8H10NO.Li/c1-7(2)10-8-4-3-5-9-6-8;/h4-7H,1-2H3;. The third kappa shape index (κ3) is 2.96. The molecule has 0 aromatic carbocycles. The topological polar surface area (TPSA) is 22.1 Å². The number of hydrogen-bond donors (Lipinski definition) is 0. The first-order valence-electron chi connectivity index (χ1n) is 3.77. The number of aromatic nitrogens is 1. The summed E-state index contributed by atoms with van der Waals surface area (Å²) in [7, 11) is 0. The Balaban J connectivity index is 2.71. The van der Waals surface area contributed by atoms with E-state index in [1.165, 1.54) is 0 Å². The van der Waals surface area contributed by atoms with E-state index in [4.69, 9.17) is 4.74 Å². The van der Waals surface area contributed by atoms with E-state index in [1.807, 2.05) is 43.8 Å². The molecule has 1 aromatic heterocycles. The Hall–Kier alpha value is -0.453. The molecule has 0 aliphatic rings. The second-order valence-electron chi connectivity index (χ2n) is 2.86. The molecule has 0 bridgehead atoms. The van der Waals surface area contributed by atoms with Crippen LogP contribution in [0.15, 0.2) is 18.5 Å². The molecule has 0 unspecified atom stereocenters. The quantitative estimate of drug-likeness (QED) is 0.567. The molecule has 0 spiro atoms. The van der Waals surface area contributed by atoms with Gasteiger partial charge in [0, 0.05) is 0 Å². The van der Waals surface area contributed by atoms with Crippen LogP contribution in [0.1, 0.15) is 13.8 Å². The van der Waals surface area contributed by atoms with Crippen LogP contribution in [0.4, 0.5) is 0 Å². The zero-order chi connectivity index (χ0) is 8.27. The van der Waals surface area contributed by atoms with Crippen LogP contribution >= 0.6 is 0 Å². The third-order valence-corrected chi connectivity index (χ3v) is 1.22. The molecule has 1 aromatic rings. The number of ether oxygens (including phenoxy) is 1. The molecule has 0 N–H and O–H groups in total. The van der Waals surface area contributed by atoms with E-state index in [0.29, 0.717) is 0 Å². The maximum absolute atomic E-state index is 5.43. The van der Waals surface area contributed by atoms with E-state index in [0.717, 1.165) is 9.99 Å². The second-order valence-corrected chi connectivity index (χ2v) is 2.86. The molecule has 54 valence electrons. The molecule has 3 heteroatoms. The van der Waals surface area contributed by atoms with Crippen LogP contribution in [0.25, 0.3) is 0 Å². The predicted molar refractivity (Wildman–Crippen MR) is 45.4 cm³/mol. The average Bonchev–Trinajstić information content (AvgIpc) is 1.85. The molecule has 0 fully saturated rings. The molecule has 1 heterocycles. The van der Waals surface area contributed by atoms with Crippen LogP contribution in [-0.4, -0.2) is 28.8 Å². The minimum atomic E-state index is 0.221. The Bertz CT molecular complexity index is 237. The van der Waals surface area contributed by atoms with Crippen molar-refractivity contribution >= 4 is 22.0 Å². The summed E-state index contributed by atoms with van der Waals surface area (Å²) in [6, 6.07) is 1.98. The van der Waals surface area contributed by atoms with E-state index in [1.54, 1.807) is 6.20 Å². The zero-order valence-electron chi connectivity index (χ0n) is 7.16. The van der Waals surface area contributed by atoms with Gasteiger partial charge < -0.3 is 0 Å². The minimum absolute atomic E-state index is 0.221. The Labute approximate surface area is 76.2 Å². The first-order valence-corrected chi connectivity index (χ1v) is 3.77. The van der Waals surface area contributed by atoms with Gasteiger partial charge in [0.05, 0.1) is 0 Å². The SMILES string of the molecule is [Li][c]1cncc(OC(C)C)c1. The van der Waals surface area contributed by atoms with Crippen molar-refractivity contribution in [1.29, 1.82) is 0 Å². The van der Waals surface area contributed by atoms with E-state index < -0.39 is 0 Å². The van der Waals surface area contributed by atoms with Crippen LogP contribution < -0.4 is 8.97 Å². The zero-order valence-corrected chi connectivity index (χ0v) is 7.16. The number of hydrogen-bond acceptors (Lipinski definition) is 2. The van der Waals surface area contributed by atoms with Crippen molar-refractivity contribution in [2.45, 2.75) is 20.0 Å². The van der Waals surface area contributed by atoms with E-state index in [-0.39, 0.29) is 6.10 Å². The fourth-order valence-electron chi connectivity index (χ4n) is 0.864. The normalized spacial score (nSPS) is 10.3. The van der Waals surface area contributed by atoms with Crippen molar-refractivity contribution in [1.82, 2.24) is 4.98 Å². The molecule has 0 aliphatic heterocycles. The summed E-state index contributed by atoms with van der Waals surface area (Å²) >= 11 is 2.00. The van der Waals surface area contributed by atoms with Crippen molar-refractivity contribution in [3.8, 4) is 5.75 Å². The van der Waals surface area contributed by atoms with Gasteiger partial charge in [-0.1, -0.05) is 0 Å². The summed E-state index contributed by atoms with van der Waals surface area (Å²) in [6.45, 7) is 4.00. The summed E-state index contributed by atoms with van der Waals surface area (Å²) in [5.74, 6) is 0.847. The van der Waals surface area contributed by atoms with Gasteiger partial charge in [0.15, 0.2) is 0 Å². The van der Waals surface area contributed by atoms with Crippen molar-refractivity contribution in [3.63, 3.8) is 0 Å². The maximum atomic E-state index is 5.43. The summed E-state index contributed by atoms with van der Waals surface area (Å²) in [6.07, 6.45) is 3.76. The summed E-state index contributed by atoms with van der Waals surface area (Å²) in [5, 5.41) is 0. The van der Waals surface area contributed by atoms with Crippen molar-refractivity contribution < 1.29 is 4.74 Å². The number of pyridine rings is 1. The first kappa shape index (κ1) is 8.64. The molecule has 2 nitrogen and oxygen atoms in total. The summed E-state index contributed by atoms with van der Waals surface area (Å²) < 4.78 is 6.56. The Morgan fingerprint density at radius 3 is 2.73 bits per heavy atom. The summed E-state index contributed by atoms with van der Waals surface area (Å²) in [4.78, 5) is 4.01. The first-order chi connectivity index (χ1) is 5.18. The molecule has 11 heavy (non-hydrogen) atoms. The van der Waals surface area contributed by atoms with Crippen LogP contribution in [-0.2, 0) is 0 Å². The number of rotatable bonds is 2. The van der Waals surface area contributed by atoms with Gasteiger partial charge in [-0.25, -0.2) is 0 Å². The van der Waals surface area contributed by atoms with Gasteiger partial charge in [0.1, 0.15) is 0 Å². The van der Waals surface area contributed by atoms with Crippen molar-refractivity contribution in [3.05, 3.63) is 18.5 Å². The predicted octanol–water partition coefficient (Wildman–Crippen LogP) is 0.663. The van der Waals surface area contributed by atoms with Gasteiger partial charge in [-0.15, -0.1) is 0 Å². The van der Waals surface area contributed by atoms with Crippen LogP contribution in [0.2, 0.25) is 0 Å². The van der Waals surface area contributed by atoms with Crippen LogP contribution in [0.5, 0.6) is 5.75 Å². The third-order valence-electron chi connectivity index (χ3n) is 1.22. The molecule has 0 amide bonds. The fourth-order valence-corrected chi connectivity index (χ4v) is 0.864. The molecule has 0 atom stereocenters. The molecule has 0 saturated heterocycles. The molecule has 0 aliphatic carbocycles. The average molecular weight is 143 g/mol. The monoisotopic (exact) mass is 143 g/mol. The molecule has 0 radical (unpaired) electrons. The molecular formula is C8H10LiNO. The van der Waals surface area contributed by atoms with Gasteiger partial charge in [0.2, 0.25) is 0 Å². The second kappa shape index (κ2) is 3.80.